The summed E-state index contributed by atoms with van der Waals surface area (Å²) in [5.74, 6) is 3.00. The molecule has 13 rings (SSSR count). The molecule has 3 fully saturated rings. The summed E-state index contributed by atoms with van der Waals surface area (Å²) in [6.07, 6.45) is 13.4. The van der Waals surface area contributed by atoms with Gasteiger partial charge in [-0.2, -0.15) is 0 Å². The number of amides is 1. The highest BCUT2D eigenvalue weighted by Crippen LogP contribution is 2.62. The van der Waals surface area contributed by atoms with E-state index in [1.807, 2.05) is 24.4 Å². The molecule has 6 N–H and O–H groups in total. The minimum atomic E-state index is -2.45. The molecule has 8 bridgehead atoms. The van der Waals surface area contributed by atoms with Gasteiger partial charge >= 0.3 is 0 Å². The van der Waals surface area contributed by atoms with E-state index < -0.39 is 42.9 Å². The molecule has 5 aromatic rings. The smallest absolute Gasteiger partial charge is 0.254 e. The summed E-state index contributed by atoms with van der Waals surface area (Å²) >= 11 is 0. The van der Waals surface area contributed by atoms with Gasteiger partial charge in [0.25, 0.3) is 5.91 Å². The van der Waals surface area contributed by atoms with Crippen molar-refractivity contribution in [3.05, 3.63) is 104 Å². The number of aryl methyl sites for hydroxylation is 1. The molecule has 5 heterocycles. The molecule has 4 aliphatic carbocycles. The Bertz CT molecular complexity index is 3260. The van der Waals surface area contributed by atoms with Crippen LogP contribution in [0.5, 0.6) is 17.2 Å². The van der Waals surface area contributed by atoms with Crippen LogP contribution in [0.1, 0.15) is 154 Å². The van der Waals surface area contributed by atoms with Crippen molar-refractivity contribution in [3.8, 4) is 29.3 Å². The number of fused-ring (bicyclic) bond motifs is 8. The van der Waals surface area contributed by atoms with Crippen LogP contribution in [0.2, 0.25) is 0 Å². The van der Waals surface area contributed by atoms with Gasteiger partial charge in [-0.05, 0) is 133 Å². The number of Topliss-reactive ketones (excluding diaryl/α,β-unsaturated/α-hetero) is 1. The van der Waals surface area contributed by atoms with E-state index in [0.29, 0.717) is 35.8 Å². The van der Waals surface area contributed by atoms with Gasteiger partial charge in [0.2, 0.25) is 6.29 Å². The highest BCUT2D eigenvalue weighted by Gasteiger charge is 2.59. The van der Waals surface area contributed by atoms with E-state index in [1.54, 1.807) is 31.3 Å². The van der Waals surface area contributed by atoms with Gasteiger partial charge in [-0.1, -0.05) is 49.5 Å². The number of hydrogen-bond acceptors (Lipinski definition) is 13. The van der Waals surface area contributed by atoms with Gasteiger partial charge in [-0.25, -0.2) is 0 Å². The van der Waals surface area contributed by atoms with E-state index in [2.05, 4.69) is 40.5 Å². The Morgan fingerprint density at radius 2 is 1.88 bits per heavy atom. The number of nitrogens with one attached hydrogen (secondary N) is 2. The lowest BCUT2D eigenvalue weighted by Crippen LogP contribution is -2.70. The number of phenolic OH excluding ortho intramolecular Hbond substituents is 1. The van der Waals surface area contributed by atoms with E-state index in [9.17, 15) is 25.2 Å². The lowest BCUT2D eigenvalue weighted by atomic mass is 9.64. The summed E-state index contributed by atoms with van der Waals surface area (Å²) < 4.78 is 38.6. The topological polar surface area (TPSA) is 202 Å². The van der Waals surface area contributed by atoms with Gasteiger partial charge in [-0.15, -0.1) is 0 Å². The molecule has 398 valence electrons. The number of nitrogens with zero attached hydrogens (tertiary/aromatic N) is 1. The molecule has 1 aromatic heterocycles. The number of aromatic amines is 1. The monoisotopic (exact) mass is 1030 g/mol. The van der Waals surface area contributed by atoms with Crippen molar-refractivity contribution in [2.75, 3.05) is 40.6 Å². The van der Waals surface area contributed by atoms with Crippen molar-refractivity contribution in [2.45, 2.75) is 150 Å². The van der Waals surface area contributed by atoms with Crippen LogP contribution in [0, 0.1) is 17.9 Å². The van der Waals surface area contributed by atoms with E-state index in [4.69, 9.17) is 28.4 Å². The third-order valence-corrected chi connectivity index (χ3v) is 18.7. The molecule has 76 heavy (non-hydrogen) atoms. The average molecular weight is 1030 g/mol. The summed E-state index contributed by atoms with van der Waals surface area (Å²) in [4.78, 5) is 34.7. The molecule has 15 nitrogen and oxygen atoms in total. The fourth-order valence-electron chi connectivity index (χ4n) is 14.9. The van der Waals surface area contributed by atoms with Crippen LogP contribution < -0.4 is 14.8 Å². The van der Waals surface area contributed by atoms with Gasteiger partial charge < -0.3 is 64.0 Å². The highest BCUT2D eigenvalue weighted by molar-refractivity contribution is 6.14. The predicted molar refractivity (Wildman–Crippen MR) is 282 cm³/mol. The lowest BCUT2D eigenvalue weighted by molar-refractivity contribution is -0.328. The van der Waals surface area contributed by atoms with Crippen LogP contribution in [0.15, 0.2) is 48.7 Å². The normalized spacial score (nSPS) is 29.5. The number of methoxy groups -OCH3 is 2. The number of carbonyl (C=O) groups is 2. The number of H-pyrrole nitrogens is 1. The minimum Gasteiger partial charge on any atom is -0.506 e. The van der Waals surface area contributed by atoms with Crippen molar-refractivity contribution >= 4 is 39.4 Å². The first-order valence-corrected chi connectivity index (χ1v) is 27.5. The first-order chi connectivity index (χ1) is 37.0. The molecular formula is C61H67N3O12. The summed E-state index contributed by atoms with van der Waals surface area (Å²) in [5, 5.41) is 55.6. The molecule has 1 amide bonds. The molecule has 4 aromatic carbocycles. The Kier molecular flexibility index (Phi) is 12.7. The summed E-state index contributed by atoms with van der Waals surface area (Å²) in [7, 11) is 3.36. The number of rotatable bonds is 10. The van der Waals surface area contributed by atoms with E-state index in [1.165, 1.54) is 12.8 Å². The van der Waals surface area contributed by atoms with Crippen LogP contribution in [0.25, 0.3) is 27.8 Å². The Balaban J connectivity index is 1.01. The second-order valence-corrected chi connectivity index (χ2v) is 22.8. The van der Waals surface area contributed by atoms with Crippen molar-refractivity contribution in [2.24, 2.45) is 5.92 Å². The van der Waals surface area contributed by atoms with E-state index >= 15 is 4.79 Å². The molecule has 8 aliphatic rings. The van der Waals surface area contributed by atoms with Gasteiger partial charge in [0.15, 0.2) is 17.5 Å². The number of benzene rings is 4. The molecule has 4 aliphatic heterocycles. The van der Waals surface area contributed by atoms with Crippen molar-refractivity contribution in [1.82, 2.24) is 15.2 Å². The number of aliphatic hydroxyl groups is 3. The van der Waals surface area contributed by atoms with Crippen LogP contribution in [-0.4, -0.2) is 118 Å². The van der Waals surface area contributed by atoms with Gasteiger partial charge in [0, 0.05) is 72.6 Å². The van der Waals surface area contributed by atoms with Crippen molar-refractivity contribution in [1.29, 1.82) is 0 Å². The second-order valence-electron chi connectivity index (χ2n) is 22.8. The maximum Gasteiger partial charge on any atom is 0.254 e. The molecular weight excluding hydrogens is 967 g/mol. The number of aromatic nitrogens is 1. The molecule has 0 radical (unpaired) electrons. The van der Waals surface area contributed by atoms with E-state index in [-0.39, 0.29) is 77.6 Å². The van der Waals surface area contributed by atoms with E-state index in [0.717, 1.165) is 120 Å². The predicted octanol–water partition coefficient (Wildman–Crippen LogP) is 7.90. The van der Waals surface area contributed by atoms with Gasteiger partial charge in [0.1, 0.15) is 41.7 Å². The van der Waals surface area contributed by atoms with Crippen LogP contribution >= 0.6 is 0 Å². The Morgan fingerprint density at radius 1 is 1.01 bits per heavy atom. The number of aromatic hydroxyl groups is 1. The minimum absolute atomic E-state index is 0.0152. The largest absolute Gasteiger partial charge is 0.506 e. The fraction of sp³-hybridized carbons (Fsp3) is 0.508. The van der Waals surface area contributed by atoms with Crippen LogP contribution in [0.3, 0.4) is 0 Å². The molecule has 0 unspecified atom stereocenters. The lowest BCUT2D eigenvalue weighted by Gasteiger charge is -2.48. The fourth-order valence-corrected chi connectivity index (χ4v) is 14.9. The second kappa shape index (κ2) is 19.5. The van der Waals surface area contributed by atoms with Crippen molar-refractivity contribution in [3.63, 3.8) is 0 Å². The Hall–Kier alpha value is -5.96. The highest BCUT2D eigenvalue weighted by atomic mass is 16.7. The molecule has 0 spiro atoms. The van der Waals surface area contributed by atoms with Crippen LogP contribution in [-0.2, 0) is 44.9 Å². The van der Waals surface area contributed by atoms with Crippen molar-refractivity contribution < 1.29 is 58.4 Å². The average Bonchev–Trinajstić information content (AvgIpc) is 4.34. The molecule has 15 heteroatoms. The number of phenols is 1. The van der Waals surface area contributed by atoms with Gasteiger partial charge in [-0.3, -0.25) is 9.59 Å². The first-order valence-electron chi connectivity index (χ1n) is 27.5. The Labute approximate surface area is 441 Å². The maximum absolute atomic E-state index is 15.5. The zero-order chi connectivity index (χ0) is 52.0. The standard InChI is InChI=1S/C61H67N3O12/c1-71-23-8-22-60(20-3-4-21-60)63-27-33-14-18-44-41(25-33)42(28-62-44)46-19-17-40-55(72-2)39-16-15-36-26-35-10-6-12-37(35)49-48(36)50(39)52-54(68)51(49)45(66)30-64-29-43-34(9-5-13-38(43)58(64)69)11-7-24-73-57-53(67)47(31-74-46)75-59(76-56(40)52)61(57,70)32-65/h5,9,13-14,17-19,25,28,35-37,46-47,53,57,59,62-63,65,67-68,70H,3-4,6,8,10-12,15-16,20-23,26-27,29-32H2,1-2H3/b19-17+/t35-,36-,37-,46-,47-,53-,57+,59-,61-/m1/s1. The molecule has 2 saturated carbocycles. The number of ether oxygens (including phenoxy) is 6. The number of hydrogen-bond donors (Lipinski definition) is 6. The number of ketones is 1. The number of aliphatic hydroxyl groups excluding tert-OH is 2. The zero-order valence-electron chi connectivity index (χ0n) is 43.3. The molecule has 1 saturated heterocycles. The first kappa shape index (κ1) is 49.6. The quantitative estimate of drug-likeness (QED) is 0.0583. The number of carbonyl (C=O) groups excluding carboxylic acids is 2. The van der Waals surface area contributed by atoms with Gasteiger partial charge in [0.05, 0.1) is 43.4 Å². The maximum atomic E-state index is 15.5. The third-order valence-electron chi connectivity index (χ3n) is 18.7. The summed E-state index contributed by atoms with van der Waals surface area (Å²) in [6, 6.07) is 11.8. The van der Waals surface area contributed by atoms with Crippen LogP contribution in [0.4, 0.5) is 0 Å². The summed E-state index contributed by atoms with van der Waals surface area (Å²) in [6.45, 7) is 0.104. The Morgan fingerprint density at radius 3 is 2.71 bits per heavy atom. The molecule has 9 atom stereocenters. The zero-order valence-corrected chi connectivity index (χ0v) is 43.3. The summed E-state index contributed by atoms with van der Waals surface area (Å²) in [5.41, 5.74) is 5.66. The SMILES string of the molecule is COCCCC1(NCc2ccc3[nH]cc([C@H]4/C=C/c5c(OC)c6c7c8c(c9c(O)c7c5O[C@H]5O[C@H](CO4)[C@@H](O)[C@H](OC#CCc4cccc7c4CN(CC9=O)C7=O)[C@]5(O)CO)[C@@H]4CCC[C@@H]4C[C@H]8CC6)c3c2)CCCC1. The third kappa shape index (κ3) is 7.96.